The highest BCUT2D eigenvalue weighted by molar-refractivity contribution is 9.10. The van der Waals surface area contributed by atoms with Gasteiger partial charge in [0.05, 0.1) is 6.21 Å². The van der Waals surface area contributed by atoms with Crippen LogP contribution in [0.5, 0.6) is 5.75 Å². The molecular formula is C11H11BrN2O2. The average Bonchev–Trinajstić information content (AvgIpc) is 3.06. The lowest BCUT2D eigenvalue weighted by atomic mass is 10.2. The van der Waals surface area contributed by atoms with Gasteiger partial charge < -0.3 is 5.11 Å². The van der Waals surface area contributed by atoms with Crippen molar-refractivity contribution in [2.75, 3.05) is 0 Å². The van der Waals surface area contributed by atoms with Crippen molar-refractivity contribution in [2.45, 2.75) is 12.8 Å². The molecular weight excluding hydrogens is 272 g/mol. The number of phenolic OH excluding ortho intramolecular Hbond substituents is 1. The zero-order valence-corrected chi connectivity index (χ0v) is 10.1. The summed E-state index contributed by atoms with van der Waals surface area (Å²) in [5.74, 6) is 0.214. The molecule has 1 amide bonds. The second-order valence-corrected chi connectivity index (χ2v) is 4.63. The number of benzene rings is 1. The molecule has 1 aliphatic carbocycles. The summed E-state index contributed by atoms with van der Waals surface area (Å²) in [5.41, 5.74) is 3.00. The number of nitrogens with zero attached hydrogens (tertiary/aromatic N) is 1. The molecule has 5 heteroatoms. The first-order chi connectivity index (χ1) is 7.66. The fraction of sp³-hybridized carbons (Fsp3) is 0.273. The predicted molar refractivity (Wildman–Crippen MR) is 64.3 cm³/mol. The van der Waals surface area contributed by atoms with E-state index in [1.165, 1.54) is 6.21 Å². The third-order valence-corrected chi connectivity index (χ3v) is 2.81. The van der Waals surface area contributed by atoms with Crippen molar-refractivity contribution in [3.8, 4) is 5.75 Å². The van der Waals surface area contributed by atoms with E-state index in [1.807, 2.05) is 0 Å². The number of hydrogen-bond donors (Lipinski definition) is 2. The number of amides is 1. The lowest BCUT2D eigenvalue weighted by molar-refractivity contribution is -0.122. The Morgan fingerprint density at radius 1 is 1.56 bits per heavy atom. The molecule has 1 fully saturated rings. The third kappa shape index (κ3) is 2.82. The van der Waals surface area contributed by atoms with Crippen LogP contribution in [0.1, 0.15) is 18.4 Å². The number of hydrazone groups is 1. The smallest absolute Gasteiger partial charge is 0.243 e. The zero-order valence-electron chi connectivity index (χ0n) is 8.48. The van der Waals surface area contributed by atoms with Crippen LogP contribution in [-0.2, 0) is 4.79 Å². The Bertz CT molecular complexity index is 442. The van der Waals surface area contributed by atoms with Gasteiger partial charge in [-0.05, 0) is 31.0 Å². The van der Waals surface area contributed by atoms with Crippen LogP contribution in [0.3, 0.4) is 0 Å². The van der Waals surface area contributed by atoms with Gasteiger partial charge in [-0.25, -0.2) is 5.43 Å². The van der Waals surface area contributed by atoms with Crippen LogP contribution in [0, 0.1) is 5.92 Å². The number of halogens is 1. The van der Waals surface area contributed by atoms with Gasteiger partial charge >= 0.3 is 0 Å². The molecule has 0 bridgehead atoms. The molecule has 0 radical (unpaired) electrons. The molecule has 0 spiro atoms. The fourth-order valence-corrected chi connectivity index (χ4v) is 1.61. The van der Waals surface area contributed by atoms with Crippen LogP contribution in [0.4, 0.5) is 0 Å². The van der Waals surface area contributed by atoms with Gasteiger partial charge in [-0.15, -0.1) is 0 Å². The average molecular weight is 283 g/mol. The van der Waals surface area contributed by atoms with Crippen LogP contribution in [0.2, 0.25) is 0 Å². The molecule has 4 nitrogen and oxygen atoms in total. The van der Waals surface area contributed by atoms with Gasteiger partial charge in [-0.1, -0.05) is 15.9 Å². The lowest BCUT2D eigenvalue weighted by Gasteiger charge is -1.99. The Kier molecular flexibility index (Phi) is 3.24. The summed E-state index contributed by atoms with van der Waals surface area (Å²) in [5, 5.41) is 13.3. The molecule has 2 rings (SSSR count). The molecule has 0 aliphatic heterocycles. The summed E-state index contributed by atoms with van der Waals surface area (Å²) in [7, 11) is 0. The highest BCUT2D eigenvalue weighted by atomic mass is 79.9. The summed E-state index contributed by atoms with van der Waals surface area (Å²) >= 11 is 3.29. The first-order valence-corrected chi connectivity index (χ1v) is 5.77. The van der Waals surface area contributed by atoms with E-state index in [2.05, 4.69) is 26.5 Å². The number of rotatable bonds is 3. The van der Waals surface area contributed by atoms with E-state index in [9.17, 15) is 9.90 Å². The second-order valence-electron chi connectivity index (χ2n) is 3.71. The van der Waals surface area contributed by atoms with E-state index in [0.717, 1.165) is 17.3 Å². The molecule has 16 heavy (non-hydrogen) atoms. The molecule has 0 unspecified atom stereocenters. The SMILES string of the molecule is O=C(N/N=C\c1cc(Br)ccc1O)C1CC1. The number of carbonyl (C=O) groups excluding carboxylic acids is 1. The molecule has 1 aromatic rings. The second kappa shape index (κ2) is 4.65. The molecule has 84 valence electrons. The largest absolute Gasteiger partial charge is 0.507 e. The number of nitrogens with one attached hydrogen (secondary N) is 1. The van der Waals surface area contributed by atoms with E-state index < -0.39 is 0 Å². The van der Waals surface area contributed by atoms with Crippen molar-refractivity contribution < 1.29 is 9.90 Å². The van der Waals surface area contributed by atoms with Crippen molar-refractivity contribution >= 4 is 28.1 Å². The quantitative estimate of drug-likeness (QED) is 0.658. The van der Waals surface area contributed by atoms with E-state index in [-0.39, 0.29) is 17.6 Å². The van der Waals surface area contributed by atoms with Gasteiger partial charge in [-0.3, -0.25) is 4.79 Å². The van der Waals surface area contributed by atoms with Crippen molar-refractivity contribution in [3.63, 3.8) is 0 Å². The van der Waals surface area contributed by atoms with Crippen molar-refractivity contribution in [1.82, 2.24) is 5.43 Å². The first-order valence-electron chi connectivity index (χ1n) is 4.98. The summed E-state index contributed by atoms with van der Waals surface area (Å²) in [6.07, 6.45) is 3.33. The number of aromatic hydroxyl groups is 1. The summed E-state index contributed by atoms with van der Waals surface area (Å²) in [6, 6.07) is 5.02. The van der Waals surface area contributed by atoms with Crippen LogP contribution < -0.4 is 5.43 Å². The standard InChI is InChI=1S/C11H11BrN2O2/c12-9-3-4-10(15)8(5-9)6-13-14-11(16)7-1-2-7/h3-7,15H,1-2H2,(H,14,16)/b13-6-. The van der Waals surface area contributed by atoms with Gasteiger partial charge in [0.2, 0.25) is 5.91 Å². The molecule has 1 aromatic carbocycles. The molecule has 0 atom stereocenters. The Labute approximate surface area is 101 Å². The predicted octanol–water partition coefficient (Wildman–Crippen LogP) is 2.01. The molecule has 0 saturated heterocycles. The summed E-state index contributed by atoms with van der Waals surface area (Å²) < 4.78 is 0.847. The number of hydrogen-bond acceptors (Lipinski definition) is 3. The maximum absolute atomic E-state index is 11.3. The van der Waals surface area contributed by atoms with Crippen LogP contribution in [0.15, 0.2) is 27.8 Å². The van der Waals surface area contributed by atoms with Gasteiger partial charge in [0.15, 0.2) is 0 Å². The van der Waals surface area contributed by atoms with Gasteiger partial charge in [0, 0.05) is 16.0 Å². The fourth-order valence-electron chi connectivity index (χ4n) is 1.23. The third-order valence-electron chi connectivity index (χ3n) is 2.32. The maximum atomic E-state index is 11.3. The molecule has 1 aliphatic rings. The highest BCUT2D eigenvalue weighted by Gasteiger charge is 2.29. The van der Waals surface area contributed by atoms with E-state index >= 15 is 0 Å². The van der Waals surface area contributed by atoms with Gasteiger partial charge in [0.25, 0.3) is 0 Å². The topological polar surface area (TPSA) is 61.7 Å². The van der Waals surface area contributed by atoms with Crippen LogP contribution >= 0.6 is 15.9 Å². The van der Waals surface area contributed by atoms with E-state index in [1.54, 1.807) is 18.2 Å². The van der Waals surface area contributed by atoms with Crippen molar-refractivity contribution in [3.05, 3.63) is 28.2 Å². The summed E-state index contributed by atoms with van der Waals surface area (Å²) in [6.45, 7) is 0. The molecule has 0 aromatic heterocycles. The Morgan fingerprint density at radius 2 is 2.31 bits per heavy atom. The van der Waals surface area contributed by atoms with E-state index in [0.29, 0.717) is 5.56 Å². The molecule has 2 N–H and O–H groups in total. The first kappa shape index (κ1) is 11.1. The summed E-state index contributed by atoms with van der Waals surface area (Å²) in [4.78, 5) is 11.3. The minimum atomic E-state index is -0.0502. The monoisotopic (exact) mass is 282 g/mol. The minimum Gasteiger partial charge on any atom is -0.507 e. The minimum absolute atomic E-state index is 0.0502. The lowest BCUT2D eigenvalue weighted by Crippen LogP contribution is -2.18. The normalized spacial score (nSPS) is 15.3. The van der Waals surface area contributed by atoms with E-state index in [4.69, 9.17) is 0 Å². The number of carbonyl (C=O) groups is 1. The molecule has 1 saturated carbocycles. The molecule has 0 heterocycles. The Hall–Kier alpha value is -1.36. The van der Waals surface area contributed by atoms with Crippen molar-refractivity contribution in [2.24, 2.45) is 11.0 Å². The number of phenols is 1. The van der Waals surface area contributed by atoms with Gasteiger partial charge in [-0.2, -0.15) is 5.10 Å². The zero-order chi connectivity index (χ0) is 11.5. The van der Waals surface area contributed by atoms with Crippen LogP contribution in [0.25, 0.3) is 0 Å². The maximum Gasteiger partial charge on any atom is 0.243 e. The van der Waals surface area contributed by atoms with Gasteiger partial charge in [0.1, 0.15) is 5.75 Å². The van der Waals surface area contributed by atoms with Crippen molar-refractivity contribution in [1.29, 1.82) is 0 Å². The highest BCUT2D eigenvalue weighted by Crippen LogP contribution is 2.28. The Balaban J connectivity index is 1.99. The Morgan fingerprint density at radius 3 is 3.00 bits per heavy atom. The van der Waals surface area contributed by atoms with Crippen LogP contribution in [-0.4, -0.2) is 17.2 Å².